The SMILES string of the molecule is Cc1cccc(Nc2ncnc(NC(C)C)c2N)n1. The highest BCUT2D eigenvalue weighted by molar-refractivity contribution is 5.76. The molecule has 2 aromatic rings. The lowest BCUT2D eigenvalue weighted by Gasteiger charge is -2.14. The van der Waals surface area contributed by atoms with Crippen LogP contribution in [0.15, 0.2) is 24.5 Å². The minimum atomic E-state index is 0.252. The zero-order valence-electron chi connectivity index (χ0n) is 11.3. The van der Waals surface area contributed by atoms with Crippen LogP contribution >= 0.6 is 0 Å². The highest BCUT2D eigenvalue weighted by atomic mass is 15.1. The van der Waals surface area contributed by atoms with Crippen LogP contribution in [0.1, 0.15) is 19.5 Å². The van der Waals surface area contributed by atoms with E-state index >= 15 is 0 Å². The third kappa shape index (κ3) is 3.31. The highest BCUT2D eigenvalue weighted by Gasteiger charge is 2.09. The van der Waals surface area contributed by atoms with Crippen molar-refractivity contribution >= 4 is 23.1 Å². The third-order valence-corrected chi connectivity index (χ3v) is 2.44. The van der Waals surface area contributed by atoms with E-state index in [0.717, 1.165) is 5.69 Å². The zero-order chi connectivity index (χ0) is 13.8. The molecule has 0 spiro atoms. The van der Waals surface area contributed by atoms with Crippen molar-refractivity contribution in [2.75, 3.05) is 16.4 Å². The van der Waals surface area contributed by atoms with Crippen LogP contribution in [0.2, 0.25) is 0 Å². The number of nitrogen functional groups attached to an aromatic ring is 1. The van der Waals surface area contributed by atoms with Crippen molar-refractivity contribution < 1.29 is 0 Å². The molecule has 0 atom stereocenters. The number of nitrogens with zero attached hydrogens (tertiary/aromatic N) is 3. The second kappa shape index (κ2) is 5.51. The lowest BCUT2D eigenvalue weighted by Crippen LogP contribution is -2.14. The molecule has 0 unspecified atom stereocenters. The first-order chi connectivity index (χ1) is 9.06. The molecule has 0 saturated heterocycles. The first kappa shape index (κ1) is 13.1. The number of anilines is 4. The van der Waals surface area contributed by atoms with Gasteiger partial charge in [0, 0.05) is 11.7 Å². The summed E-state index contributed by atoms with van der Waals surface area (Å²) < 4.78 is 0. The number of hydrogen-bond acceptors (Lipinski definition) is 6. The van der Waals surface area contributed by atoms with Gasteiger partial charge in [-0.25, -0.2) is 15.0 Å². The number of nitrogens with one attached hydrogen (secondary N) is 2. The molecule has 100 valence electrons. The second-order valence-corrected chi connectivity index (χ2v) is 4.57. The van der Waals surface area contributed by atoms with Crippen molar-refractivity contribution in [2.45, 2.75) is 26.8 Å². The standard InChI is InChI=1S/C13H18N6/c1-8(2)17-12-11(14)13(16-7-15-12)19-10-6-4-5-9(3)18-10/h4-8H,14H2,1-3H3,(H2,15,16,17,18,19). The van der Waals surface area contributed by atoms with E-state index in [1.807, 2.05) is 39.0 Å². The van der Waals surface area contributed by atoms with E-state index in [0.29, 0.717) is 23.1 Å². The smallest absolute Gasteiger partial charge is 0.160 e. The van der Waals surface area contributed by atoms with Gasteiger partial charge in [-0.3, -0.25) is 0 Å². The molecule has 0 aliphatic rings. The van der Waals surface area contributed by atoms with E-state index in [9.17, 15) is 0 Å². The average molecular weight is 258 g/mol. The Balaban J connectivity index is 2.25. The minimum absolute atomic E-state index is 0.252. The first-order valence-corrected chi connectivity index (χ1v) is 6.14. The molecule has 4 N–H and O–H groups in total. The fraction of sp³-hybridized carbons (Fsp3) is 0.308. The second-order valence-electron chi connectivity index (χ2n) is 4.57. The summed E-state index contributed by atoms with van der Waals surface area (Å²) in [6.07, 6.45) is 1.47. The maximum atomic E-state index is 6.04. The summed E-state index contributed by atoms with van der Waals surface area (Å²) in [5.74, 6) is 1.89. The third-order valence-electron chi connectivity index (χ3n) is 2.44. The maximum absolute atomic E-state index is 6.04. The molecule has 2 aromatic heterocycles. The Hall–Kier alpha value is -2.37. The van der Waals surface area contributed by atoms with Crippen LogP contribution in [0.5, 0.6) is 0 Å². The van der Waals surface area contributed by atoms with Gasteiger partial charge in [-0.2, -0.15) is 0 Å². The van der Waals surface area contributed by atoms with Gasteiger partial charge in [0.2, 0.25) is 0 Å². The van der Waals surface area contributed by atoms with E-state index in [2.05, 4.69) is 25.6 Å². The number of rotatable bonds is 4. The predicted molar refractivity (Wildman–Crippen MR) is 77.5 cm³/mol. The maximum Gasteiger partial charge on any atom is 0.160 e. The lowest BCUT2D eigenvalue weighted by molar-refractivity contribution is 0.887. The number of nitrogens with two attached hydrogens (primary N) is 1. The monoisotopic (exact) mass is 258 g/mol. The molecular weight excluding hydrogens is 240 g/mol. The average Bonchev–Trinajstić information content (AvgIpc) is 2.34. The molecule has 0 fully saturated rings. The van der Waals surface area contributed by atoms with Gasteiger partial charge < -0.3 is 16.4 Å². The predicted octanol–water partition coefficient (Wildman–Crippen LogP) is 2.33. The van der Waals surface area contributed by atoms with E-state index < -0.39 is 0 Å². The molecule has 2 rings (SSSR count). The quantitative estimate of drug-likeness (QED) is 0.780. The fourth-order valence-corrected chi connectivity index (χ4v) is 1.62. The van der Waals surface area contributed by atoms with E-state index in [-0.39, 0.29) is 6.04 Å². The van der Waals surface area contributed by atoms with Crippen molar-refractivity contribution in [1.82, 2.24) is 15.0 Å². The Morgan fingerprint density at radius 1 is 1.16 bits per heavy atom. The highest BCUT2D eigenvalue weighted by Crippen LogP contribution is 2.25. The van der Waals surface area contributed by atoms with Gasteiger partial charge in [0.25, 0.3) is 0 Å². The van der Waals surface area contributed by atoms with Crippen LogP contribution in [0, 0.1) is 6.92 Å². The molecule has 6 heteroatoms. The Morgan fingerprint density at radius 3 is 2.58 bits per heavy atom. The summed E-state index contributed by atoms with van der Waals surface area (Å²) >= 11 is 0. The van der Waals surface area contributed by atoms with E-state index in [4.69, 9.17) is 5.73 Å². The van der Waals surface area contributed by atoms with Crippen molar-refractivity contribution in [1.29, 1.82) is 0 Å². The van der Waals surface area contributed by atoms with Crippen LogP contribution in [0.25, 0.3) is 0 Å². The van der Waals surface area contributed by atoms with Crippen LogP contribution in [-0.2, 0) is 0 Å². The van der Waals surface area contributed by atoms with Crippen molar-refractivity contribution in [3.05, 3.63) is 30.2 Å². The van der Waals surface area contributed by atoms with Gasteiger partial charge in [-0.1, -0.05) is 6.07 Å². The number of aryl methyl sites for hydroxylation is 1. The molecule has 0 amide bonds. The molecule has 6 nitrogen and oxygen atoms in total. The van der Waals surface area contributed by atoms with Crippen molar-refractivity contribution in [3.63, 3.8) is 0 Å². The largest absolute Gasteiger partial charge is 0.393 e. The van der Waals surface area contributed by atoms with E-state index in [1.54, 1.807) is 0 Å². The molecule has 19 heavy (non-hydrogen) atoms. The van der Waals surface area contributed by atoms with Crippen LogP contribution in [0.3, 0.4) is 0 Å². The molecule has 0 aliphatic heterocycles. The van der Waals surface area contributed by atoms with Gasteiger partial charge in [0.1, 0.15) is 17.8 Å². The van der Waals surface area contributed by atoms with Gasteiger partial charge >= 0.3 is 0 Å². The van der Waals surface area contributed by atoms with Crippen LogP contribution in [0.4, 0.5) is 23.1 Å². The Morgan fingerprint density at radius 2 is 1.89 bits per heavy atom. The zero-order valence-corrected chi connectivity index (χ0v) is 11.3. The summed E-state index contributed by atoms with van der Waals surface area (Å²) in [7, 11) is 0. The molecule has 0 bridgehead atoms. The molecule has 0 radical (unpaired) electrons. The van der Waals surface area contributed by atoms with Gasteiger partial charge in [-0.05, 0) is 32.9 Å². The topological polar surface area (TPSA) is 88.8 Å². The Bertz CT molecular complexity index is 567. The van der Waals surface area contributed by atoms with Gasteiger partial charge in [-0.15, -0.1) is 0 Å². The Labute approximate surface area is 112 Å². The van der Waals surface area contributed by atoms with Crippen LogP contribution < -0.4 is 16.4 Å². The van der Waals surface area contributed by atoms with Gasteiger partial charge in [0.15, 0.2) is 11.6 Å². The van der Waals surface area contributed by atoms with Crippen LogP contribution in [-0.4, -0.2) is 21.0 Å². The summed E-state index contributed by atoms with van der Waals surface area (Å²) in [6.45, 7) is 5.98. The van der Waals surface area contributed by atoms with Crippen molar-refractivity contribution in [2.24, 2.45) is 0 Å². The summed E-state index contributed by atoms with van der Waals surface area (Å²) in [4.78, 5) is 12.6. The lowest BCUT2D eigenvalue weighted by atomic mass is 10.3. The normalized spacial score (nSPS) is 10.5. The van der Waals surface area contributed by atoms with E-state index in [1.165, 1.54) is 6.33 Å². The number of pyridine rings is 1. The number of hydrogen-bond donors (Lipinski definition) is 3. The molecular formula is C13H18N6. The van der Waals surface area contributed by atoms with Gasteiger partial charge in [0.05, 0.1) is 0 Å². The molecule has 0 aliphatic carbocycles. The summed E-state index contributed by atoms with van der Waals surface area (Å²) in [6, 6.07) is 5.97. The minimum Gasteiger partial charge on any atom is -0.393 e. The summed E-state index contributed by atoms with van der Waals surface area (Å²) in [5.41, 5.74) is 7.45. The Kier molecular flexibility index (Phi) is 3.79. The molecule has 0 aromatic carbocycles. The fourth-order valence-electron chi connectivity index (χ4n) is 1.62. The van der Waals surface area contributed by atoms with Crippen molar-refractivity contribution in [3.8, 4) is 0 Å². The summed E-state index contributed by atoms with van der Waals surface area (Å²) in [5, 5.41) is 6.27. The molecule has 0 saturated carbocycles. The first-order valence-electron chi connectivity index (χ1n) is 6.14. The number of aromatic nitrogens is 3. The molecule has 2 heterocycles.